The highest BCUT2D eigenvalue weighted by Crippen LogP contribution is 2.32. The summed E-state index contributed by atoms with van der Waals surface area (Å²) < 4.78 is 5.10. The smallest absolute Gasteiger partial charge is 0.339 e. The lowest BCUT2D eigenvalue weighted by Crippen LogP contribution is -2.35. The van der Waals surface area contributed by atoms with Crippen LogP contribution in [0.1, 0.15) is 44.0 Å². The van der Waals surface area contributed by atoms with Gasteiger partial charge in [0.2, 0.25) is 0 Å². The van der Waals surface area contributed by atoms with E-state index < -0.39 is 22.9 Å². The molecule has 1 aliphatic heterocycles. The maximum Gasteiger partial charge on any atom is 0.339 e. The maximum absolute atomic E-state index is 12.2. The number of hydrogen-bond acceptors (Lipinski definition) is 6. The maximum atomic E-state index is 12.2. The van der Waals surface area contributed by atoms with Crippen molar-refractivity contribution in [1.29, 1.82) is 0 Å². The number of nitrogens with one attached hydrogen (secondary N) is 1. The fourth-order valence-electron chi connectivity index (χ4n) is 3.07. The van der Waals surface area contributed by atoms with E-state index >= 15 is 0 Å². The third-order valence-corrected chi connectivity index (χ3v) is 4.41. The molecule has 0 spiro atoms. The summed E-state index contributed by atoms with van der Waals surface area (Å²) in [5.41, 5.74) is 0.441. The number of hydrogen-bond donors (Lipinski definition) is 1. The van der Waals surface area contributed by atoms with Crippen molar-refractivity contribution in [3.05, 3.63) is 33.9 Å². The molecule has 1 fully saturated rings. The molecule has 8 heteroatoms. The summed E-state index contributed by atoms with van der Waals surface area (Å²) in [6.45, 7) is 7.26. The van der Waals surface area contributed by atoms with Crippen molar-refractivity contribution in [1.82, 2.24) is 5.32 Å². The molecule has 26 heavy (non-hydrogen) atoms. The third-order valence-electron chi connectivity index (χ3n) is 4.41. The van der Waals surface area contributed by atoms with Crippen molar-refractivity contribution >= 4 is 23.3 Å². The van der Waals surface area contributed by atoms with Crippen LogP contribution in [0, 0.1) is 16.0 Å². The van der Waals surface area contributed by atoms with Crippen LogP contribution < -0.4 is 10.2 Å². The SMILES string of the molecule is CCNC(=O)[C@H](C)OC(=O)c1ccc(N2CCC[C@H](C)C2)c([N+](=O)[O-])c1. The standard InChI is InChI=1S/C18H25N3O5/c1-4-19-17(22)13(3)26-18(23)14-7-8-15(16(10-14)21(24)25)20-9-5-6-12(2)11-20/h7-8,10,12-13H,4-6,9,11H2,1-3H3,(H,19,22)/t12-,13-/m0/s1. The molecular weight excluding hydrogens is 338 g/mol. The van der Waals surface area contributed by atoms with Gasteiger partial charge < -0.3 is 15.0 Å². The van der Waals surface area contributed by atoms with Gasteiger partial charge in [0.25, 0.3) is 11.6 Å². The molecule has 0 saturated carbocycles. The van der Waals surface area contributed by atoms with Crippen molar-refractivity contribution < 1.29 is 19.2 Å². The Morgan fingerprint density at radius 2 is 2.19 bits per heavy atom. The number of nitrogens with zero attached hydrogens (tertiary/aromatic N) is 2. The normalized spacial score (nSPS) is 18.1. The van der Waals surface area contributed by atoms with Gasteiger partial charge in [-0.15, -0.1) is 0 Å². The third kappa shape index (κ3) is 4.71. The topological polar surface area (TPSA) is 102 Å². The quantitative estimate of drug-likeness (QED) is 0.473. The van der Waals surface area contributed by atoms with Gasteiger partial charge in [-0.3, -0.25) is 14.9 Å². The Labute approximate surface area is 152 Å². The number of nitro benzene ring substituents is 1. The van der Waals surface area contributed by atoms with E-state index in [9.17, 15) is 19.7 Å². The van der Waals surface area contributed by atoms with Crippen LogP contribution in [0.25, 0.3) is 0 Å². The largest absolute Gasteiger partial charge is 0.449 e. The second kappa shape index (κ2) is 8.64. The summed E-state index contributed by atoms with van der Waals surface area (Å²) in [4.78, 5) is 36.9. The summed E-state index contributed by atoms with van der Waals surface area (Å²) in [5.74, 6) is -0.703. The zero-order valence-corrected chi connectivity index (χ0v) is 15.4. The number of rotatable bonds is 6. The molecule has 142 valence electrons. The van der Waals surface area contributed by atoms with Gasteiger partial charge in [0.1, 0.15) is 5.69 Å². The summed E-state index contributed by atoms with van der Waals surface area (Å²) in [6.07, 6.45) is 1.11. The molecular formula is C18H25N3O5. The molecule has 1 N–H and O–H groups in total. The first-order valence-corrected chi connectivity index (χ1v) is 8.85. The average Bonchev–Trinajstić information content (AvgIpc) is 2.61. The first-order chi connectivity index (χ1) is 12.3. The van der Waals surface area contributed by atoms with Gasteiger partial charge in [-0.05, 0) is 44.7 Å². The molecule has 8 nitrogen and oxygen atoms in total. The van der Waals surface area contributed by atoms with Crippen LogP contribution in [0.4, 0.5) is 11.4 Å². The Morgan fingerprint density at radius 1 is 1.46 bits per heavy atom. The number of esters is 1. The molecule has 2 atom stereocenters. The van der Waals surface area contributed by atoms with Gasteiger partial charge in [-0.1, -0.05) is 6.92 Å². The minimum Gasteiger partial charge on any atom is -0.449 e. The number of amides is 1. The molecule has 0 unspecified atom stereocenters. The average molecular weight is 363 g/mol. The van der Waals surface area contributed by atoms with Gasteiger partial charge in [0, 0.05) is 25.7 Å². The molecule has 2 rings (SSSR count). The fourth-order valence-corrected chi connectivity index (χ4v) is 3.07. The molecule has 1 saturated heterocycles. The number of ether oxygens (including phenoxy) is 1. The molecule has 0 bridgehead atoms. The molecule has 1 aromatic rings. The van der Waals surface area contributed by atoms with Crippen molar-refractivity contribution in [2.45, 2.75) is 39.7 Å². The van der Waals surface area contributed by atoms with Gasteiger partial charge >= 0.3 is 5.97 Å². The highest BCUT2D eigenvalue weighted by molar-refractivity contribution is 5.93. The highest BCUT2D eigenvalue weighted by atomic mass is 16.6. The lowest BCUT2D eigenvalue weighted by Gasteiger charge is -2.32. The fraction of sp³-hybridized carbons (Fsp3) is 0.556. The molecule has 0 aromatic heterocycles. The van der Waals surface area contributed by atoms with E-state index in [2.05, 4.69) is 12.2 Å². The van der Waals surface area contributed by atoms with Crippen LogP contribution in [0.15, 0.2) is 18.2 Å². The predicted octanol–water partition coefficient (Wildman–Crippen LogP) is 2.51. The van der Waals surface area contributed by atoms with Crippen LogP contribution in [-0.2, 0) is 9.53 Å². The number of benzene rings is 1. The summed E-state index contributed by atoms with van der Waals surface area (Å²) >= 11 is 0. The van der Waals surface area contributed by atoms with Gasteiger partial charge in [-0.2, -0.15) is 0 Å². The first-order valence-electron chi connectivity index (χ1n) is 8.85. The van der Waals surface area contributed by atoms with Crippen molar-refractivity contribution in [3.8, 4) is 0 Å². The monoisotopic (exact) mass is 363 g/mol. The highest BCUT2D eigenvalue weighted by Gasteiger charge is 2.26. The number of anilines is 1. The second-order valence-electron chi connectivity index (χ2n) is 6.60. The Kier molecular flexibility index (Phi) is 6.54. The van der Waals surface area contributed by atoms with Crippen LogP contribution in [0.5, 0.6) is 0 Å². The molecule has 1 aliphatic rings. The minimum atomic E-state index is -0.968. The van der Waals surface area contributed by atoms with Crippen LogP contribution >= 0.6 is 0 Å². The van der Waals surface area contributed by atoms with E-state index in [1.165, 1.54) is 19.1 Å². The Morgan fingerprint density at radius 3 is 2.81 bits per heavy atom. The lowest BCUT2D eigenvalue weighted by atomic mass is 9.99. The Bertz CT molecular complexity index is 691. The molecule has 1 amide bonds. The summed E-state index contributed by atoms with van der Waals surface area (Å²) in [6, 6.07) is 4.32. The Hall–Kier alpha value is -2.64. The summed E-state index contributed by atoms with van der Waals surface area (Å²) in [7, 11) is 0. The van der Waals surface area contributed by atoms with Gasteiger partial charge in [-0.25, -0.2) is 4.79 Å². The lowest BCUT2D eigenvalue weighted by molar-refractivity contribution is -0.384. The number of carbonyl (C=O) groups excluding carboxylic acids is 2. The van der Waals surface area contributed by atoms with E-state index in [0.717, 1.165) is 25.9 Å². The van der Waals surface area contributed by atoms with E-state index in [4.69, 9.17) is 4.74 Å². The van der Waals surface area contributed by atoms with Crippen molar-refractivity contribution in [3.63, 3.8) is 0 Å². The number of likely N-dealkylation sites (N-methyl/N-ethyl adjacent to an activating group) is 1. The summed E-state index contributed by atoms with van der Waals surface area (Å²) in [5, 5.41) is 14.1. The zero-order valence-electron chi connectivity index (χ0n) is 15.4. The first kappa shape index (κ1) is 19.7. The van der Waals surface area contributed by atoms with Gasteiger partial charge in [0.15, 0.2) is 6.10 Å². The minimum absolute atomic E-state index is 0.0571. The van der Waals surface area contributed by atoms with Crippen molar-refractivity contribution in [2.75, 3.05) is 24.5 Å². The number of carbonyl (C=O) groups is 2. The molecule has 0 aliphatic carbocycles. The zero-order chi connectivity index (χ0) is 19.3. The van der Waals surface area contributed by atoms with E-state index in [-0.39, 0.29) is 11.3 Å². The van der Waals surface area contributed by atoms with E-state index in [1.54, 1.807) is 13.0 Å². The van der Waals surface area contributed by atoms with Crippen LogP contribution in [0.3, 0.4) is 0 Å². The van der Waals surface area contributed by atoms with E-state index in [0.29, 0.717) is 18.2 Å². The molecule has 0 radical (unpaired) electrons. The van der Waals surface area contributed by atoms with Crippen molar-refractivity contribution in [2.24, 2.45) is 5.92 Å². The van der Waals surface area contributed by atoms with E-state index in [1.807, 2.05) is 4.90 Å². The van der Waals surface area contributed by atoms with Gasteiger partial charge in [0.05, 0.1) is 10.5 Å². The van der Waals surface area contributed by atoms with Crippen LogP contribution in [-0.4, -0.2) is 42.5 Å². The molecule has 1 heterocycles. The Balaban J connectivity index is 2.20. The molecule has 1 aromatic carbocycles. The number of nitro groups is 1. The second-order valence-corrected chi connectivity index (χ2v) is 6.60. The number of piperidine rings is 1. The predicted molar refractivity (Wildman–Crippen MR) is 97.3 cm³/mol. The van der Waals surface area contributed by atoms with Crippen LogP contribution in [0.2, 0.25) is 0 Å².